The molecule has 0 unspecified atom stereocenters. The van der Waals surface area contributed by atoms with E-state index in [-0.39, 0.29) is 23.3 Å². The van der Waals surface area contributed by atoms with Gasteiger partial charge in [0.1, 0.15) is 0 Å². The van der Waals surface area contributed by atoms with Gasteiger partial charge in [0.2, 0.25) is 15.9 Å². The Bertz CT molecular complexity index is 925. The van der Waals surface area contributed by atoms with Crippen LogP contribution >= 0.6 is 15.9 Å². The first-order chi connectivity index (χ1) is 13.3. The second-order valence-electron chi connectivity index (χ2n) is 7.42. The van der Waals surface area contributed by atoms with Crippen molar-refractivity contribution >= 4 is 37.5 Å². The quantitative estimate of drug-likeness (QED) is 0.701. The number of carbonyl (C=O) groups is 1. The summed E-state index contributed by atoms with van der Waals surface area (Å²) in [7, 11) is -3.60. The van der Waals surface area contributed by atoms with Crippen molar-refractivity contribution in [2.45, 2.75) is 37.5 Å². The van der Waals surface area contributed by atoms with Crippen LogP contribution in [0, 0.1) is 5.92 Å². The van der Waals surface area contributed by atoms with Crippen LogP contribution in [0.2, 0.25) is 0 Å². The van der Waals surface area contributed by atoms with Gasteiger partial charge in [-0.3, -0.25) is 4.79 Å². The molecule has 0 spiro atoms. The number of anilines is 1. The van der Waals surface area contributed by atoms with Gasteiger partial charge >= 0.3 is 0 Å². The Balaban J connectivity index is 1.68. The van der Waals surface area contributed by atoms with Crippen molar-refractivity contribution in [1.82, 2.24) is 4.31 Å². The normalized spacial score (nSPS) is 18.2. The number of nitrogens with zero attached hydrogens (tertiary/aromatic N) is 1. The van der Waals surface area contributed by atoms with Crippen molar-refractivity contribution in [2.75, 3.05) is 18.4 Å². The molecular weight excluding hydrogens is 440 g/mol. The fourth-order valence-corrected chi connectivity index (χ4v) is 5.11. The number of rotatable bonds is 5. The molecule has 1 N–H and O–H groups in total. The van der Waals surface area contributed by atoms with Crippen LogP contribution in [0.4, 0.5) is 5.69 Å². The van der Waals surface area contributed by atoms with Gasteiger partial charge in [-0.1, -0.05) is 41.9 Å². The number of halogens is 1. The number of nitrogens with one attached hydrogen (secondary N) is 1. The molecule has 0 saturated carbocycles. The fraction of sp³-hybridized carbons (Fsp3) is 0.381. The lowest BCUT2D eigenvalue weighted by Crippen LogP contribution is -2.43. The van der Waals surface area contributed by atoms with E-state index in [1.165, 1.54) is 9.87 Å². The van der Waals surface area contributed by atoms with Crippen molar-refractivity contribution in [1.29, 1.82) is 0 Å². The minimum absolute atomic E-state index is 0.131. The van der Waals surface area contributed by atoms with Crippen molar-refractivity contribution in [2.24, 2.45) is 5.92 Å². The van der Waals surface area contributed by atoms with E-state index >= 15 is 0 Å². The Morgan fingerprint density at radius 1 is 1.11 bits per heavy atom. The second kappa shape index (κ2) is 8.76. The first-order valence-electron chi connectivity index (χ1n) is 9.44. The summed E-state index contributed by atoms with van der Waals surface area (Å²) in [4.78, 5) is 13.0. The summed E-state index contributed by atoms with van der Waals surface area (Å²) in [6, 6.07) is 14.4. The van der Waals surface area contributed by atoms with Gasteiger partial charge in [0, 0.05) is 23.2 Å². The number of benzene rings is 2. The highest BCUT2D eigenvalue weighted by Crippen LogP contribution is 2.26. The molecule has 0 aliphatic carbocycles. The fourth-order valence-electron chi connectivity index (χ4n) is 3.33. The van der Waals surface area contributed by atoms with Crippen LogP contribution in [0.5, 0.6) is 0 Å². The molecule has 2 aromatic carbocycles. The lowest BCUT2D eigenvalue weighted by Gasteiger charge is -2.31. The predicted molar refractivity (Wildman–Crippen MR) is 115 cm³/mol. The lowest BCUT2D eigenvalue weighted by molar-refractivity contribution is -0.120. The highest BCUT2D eigenvalue weighted by atomic mass is 79.9. The third kappa shape index (κ3) is 4.82. The van der Waals surface area contributed by atoms with Crippen LogP contribution in [0.25, 0.3) is 0 Å². The van der Waals surface area contributed by atoms with Gasteiger partial charge in [-0.05, 0) is 60.7 Å². The topological polar surface area (TPSA) is 66.5 Å². The average molecular weight is 465 g/mol. The molecule has 150 valence electrons. The van der Waals surface area contributed by atoms with E-state index in [1.807, 2.05) is 24.3 Å². The first kappa shape index (κ1) is 21.0. The molecule has 1 fully saturated rings. The van der Waals surface area contributed by atoms with E-state index in [0.717, 1.165) is 10.2 Å². The van der Waals surface area contributed by atoms with E-state index in [1.54, 1.807) is 24.3 Å². The maximum Gasteiger partial charge on any atom is 0.243 e. The zero-order chi connectivity index (χ0) is 20.3. The molecule has 0 aromatic heterocycles. The maximum absolute atomic E-state index is 12.9. The molecule has 7 heteroatoms. The molecule has 0 radical (unpaired) electrons. The predicted octanol–water partition coefficient (Wildman–Crippen LogP) is 4.61. The summed E-state index contributed by atoms with van der Waals surface area (Å²) in [5.41, 5.74) is 1.95. The van der Waals surface area contributed by atoms with Crippen molar-refractivity contribution in [3.63, 3.8) is 0 Å². The second-order valence-corrected chi connectivity index (χ2v) is 10.3. The Labute approximate surface area is 175 Å². The minimum atomic E-state index is -3.60. The van der Waals surface area contributed by atoms with E-state index in [9.17, 15) is 13.2 Å². The van der Waals surface area contributed by atoms with E-state index in [0.29, 0.717) is 25.3 Å². The van der Waals surface area contributed by atoms with E-state index in [4.69, 9.17) is 0 Å². The van der Waals surface area contributed by atoms with E-state index in [2.05, 4.69) is 35.1 Å². The van der Waals surface area contributed by atoms with Crippen LogP contribution < -0.4 is 5.32 Å². The van der Waals surface area contributed by atoms with Gasteiger partial charge in [0.15, 0.2) is 0 Å². The van der Waals surface area contributed by atoms with Crippen LogP contribution in [0.1, 0.15) is 38.2 Å². The highest BCUT2D eigenvalue weighted by molar-refractivity contribution is 9.10. The average Bonchev–Trinajstić information content (AvgIpc) is 2.69. The van der Waals surface area contributed by atoms with Crippen molar-refractivity contribution in [3.05, 3.63) is 58.6 Å². The number of piperidine rings is 1. The summed E-state index contributed by atoms with van der Waals surface area (Å²) in [6.07, 6.45) is 1.35. The Morgan fingerprint density at radius 2 is 1.75 bits per heavy atom. The van der Waals surface area contributed by atoms with Crippen molar-refractivity contribution in [3.8, 4) is 0 Å². The van der Waals surface area contributed by atoms with Crippen LogP contribution in [-0.4, -0.2) is 31.7 Å². The number of carbonyl (C=O) groups excluding carboxylic acids is 1. The first-order valence-corrected chi connectivity index (χ1v) is 11.7. The number of hydrogen-bond donors (Lipinski definition) is 1. The van der Waals surface area contributed by atoms with E-state index < -0.39 is 10.0 Å². The Hall–Kier alpha value is -1.70. The zero-order valence-electron chi connectivity index (χ0n) is 16.1. The molecule has 1 amide bonds. The summed E-state index contributed by atoms with van der Waals surface area (Å²) in [5.74, 6) is -0.0581. The molecule has 5 nitrogen and oxygen atoms in total. The zero-order valence-corrected chi connectivity index (χ0v) is 18.5. The smallest absolute Gasteiger partial charge is 0.243 e. The molecule has 1 saturated heterocycles. The molecular formula is C21H25BrN2O3S. The van der Waals surface area contributed by atoms with Gasteiger partial charge in [-0.2, -0.15) is 4.31 Å². The van der Waals surface area contributed by atoms with Crippen LogP contribution in [0.3, 0.4) is 0 Å². The Kier molecular flexibility index (Phi) is 6.58. The van der Waals surface area contributed by atoms with Crippen molar-refractivity contribution < 1.29 is 13.2 Å². The van der Waals surface area contributed by atoms with Gasteiger partial charge < -0.3 is 5.32 Å². The molecule has 1 atom stereocenters. The van der Waals surface area contributed by atoms with Gasteiger partial charge in [0.05, 0.1) is 10.8 Å². The van der Waals surface area contributed by atoms with Gasteiger partial charge in [-0.25, -0.2) is 8.42 Å². The molecule has 28 heavy (non-hydrogen) atoms. The molecule has 0 bridgehead atoms. The third-order valence-electron chi connectivity index (χ3n) is 5.05. The lowest BCUT2D eigenvalue weighted by atomic mass is 9.98. The molecule has 1 aliphatic heterocycles. The molecule has 1 heterocycles. The molecule has 2 aromatic rings. The summed E-state index contributed by atoms with van der Waals surface area (Å²) < 4.78 is 28.1. The molecule has 1 aliphatic rings. The number of amides is 1. The largest absolute Gasteiger partial charge is 0.326 e. The monoisotopic (exact) mass is 464 g/mol. The van der Waals surface area contributed by atoms with Crippen LogP contribution in [-0.2, 0) is 14.8 Å². The van der Waals surface area contributed by atoms with Crippen LogP contribution in [0.15, 0.2) is 57.9 Å². The maximum atomic E-state index is 12.9. The summed E-state index contributed by atoms with van der Waals surface area (Å²) in [5, 5.41) is 2.93. The number of hydrogen-bond acceptors (Lipinski definition) is 3. The van der Waals surface area contributed by atoms with Gasteiger partial charge in [0.25, 0.3) is 0 Å². The summed E-state index contributed by atoms with van der Waals surface area (Å²) in [6.45, 7) is 4.88. The third-order valence-corrected chi connectivity index (χ3v) is 7.46. The highest BCUT2D eigenvalue weighted by Gasteiger charge is 2.33. The summed E-state index contributed by atoms with van der Waals surface area (Å²) >= 11 is 3.32. The SMILES string of the molecule is CC(C)c1ccc(NC(=O)[C@@H]2CCCN(S(=O)(=O)c3ccc(Br)cc3)C2)cc1. The standard InChI is InChI=1S/C21H25BrN2O3S/c1-15(2)16-5-9-19(10-6-16)23-21(25)17-4-3-13-24(14-17)28(26,27)20-11-7-18(22)8-12-20/h5-12,15,17H,3-4,13-14H2,1-2H3,(H,23,25)/t17-/m1/s1. The minimum Gasteiger partial charge on any atom is -0.326 e. The molecule has 3 rings (SSSR count). The van der Waals surface area contributed by atoms with Gasteiger partial charge in [-0.15, -0.1) is 0 Å². The Morgan fingerprint density at radius 3 is 2.36 bits per heavy atom. The number of sulfonamides is 1.